The van der Waals surface area contributed by atoms with Crippen LogP contribution in [-0.2, 0) is 16.0 Å². The molecule has 17 heavy (non-hydrogen) atoms. The molecule has 1 aromatic rings. The fourth-order valence-electron chi connectivity index (χ4n) is 0.973. The molecule has 0 saturated carbocycles. The number of ether oxygens (including phenoxy) is 1. The molecule has 0 atom stereocenters. The first kappa shape index (κ1) is 15.3. The average molecular weight is 238 g/mol. The molecular weight excluding hydrogens is 220 g/mol. The van der Waals surface area contributed by atoms with Gasteiger partial charge in [-0.05, 0) is 5.56 Å². The molecular formula is C13H18O4. The van der Waals surface area contributed by atoms with Crippen molar-refractivity contribution in [2.75, 3.05) is 19.8 Å². The summed E-state index contributed by atoms with van der Waals surface area (Å²) in [5, 5.41) is 15.2. The molecule has 0 radical (unpaired) electrons. The van der Waals surface area contributed by atoms with E-state index < -0.39 is 0 Å². The fraction of sp³-hybridized carbons (Fsp3) is 0.308. The number of esters is 1. The molecule has 0 unspecified atom stereocenters. The van der Waals surface area contributed by atoms with Gasteiger partial charge >= 0.3 is 5.97 Å². The standard InChI is InChI=1S/C11H12O2.C2H6O2/c1-2-11(12)13-9-8-10-6-4-3-5-7-10;3-1-2-4/h2-7H,1,8-9H2;3-4H,1-2H2. The molecule has 0 aromatic heterocycles. The monoisotopic (exact) mass is 238 g/mol. The highest BCUT2D eigenvalue weighted by atomic mass is 16.5. The summed E-state index contributed by atoms with van der Waals surface area (Å²) in [4.78, 5) is 10.7. The molecule has 1 rings (SSSR count). The number of carbonyl (C=O) groups excluding carboxylic acids is 1. The van der Waals surface area contributed by atoms with Gasteiger partial charge < -0.3 is 14.9 Å². The first-order valence-electron chi connectivity index (χ1n) is 5.29. The molecule has 0 saturated heterocycles. The molecule has 4 nitrogen and oxygen atoms in total. The van der Waals surface area contributed by atoms with Gasteiger partial charge in [-0.2, -0.15) is 0 Å². The van der Waals surface area contributed by atoms with E-state index in [1.54, 1.807) is 0 Å². The zero-order valence-corrected chi connectivity index (χ0v) is 9.71. The van der Waals surface area contributed by atoms with E-state index in [4.69, 9.17) is 14.9 Å². The Labute approximate surface area is 101 Å². The molecule has 0 bridgehead atoms. The fourth-order valence-corrected chi connectivity index (χ4v) is 0.973. The number of aliphatic hydroxyl groups is 2. The lowest BCUT2D eigenvalue weighted by Gasteiger charge is -2.01. The number of rotatable bonds is 5. The van der Waals surface area contributed by atoms with Crippen LogP contribution in [0.1, 0.15) is 5.56 Å². The Bertz CT molecular complexity index is 306. The van der Waals surface area contributed by atoms with E-state index in [0.29, 0.717) is 6.61 Å². The topological polar surface area (TPSA) is 66.8 Å². The summed E-state index contributed by atoms with van der Waals surface area (Å²) in [6.45, 7) is 3.47. The predicted octanol–water partition coefficient (Wildman–Crippen LogP) is 0.929. The average Bonchev–Trinajstić information content (AvgIpc) is 2.40. The van der Waals surface area contributed by atoms with Crippen LogP contribution >= 0.6 is 0 Å². The summed E-state index contributed by atoms with van der Waals surface area (Å²) in [6.07, 6.45) is 1.92. The van der Waals surface area contributed by atoms with Crippen LogP contribution in [0, 0.1) is 0 Å². The second-order valence-electron chi connectivity index (χ2n) is 3.05. The maximum atomic E-state index is 10.7. The van der Waals surface area contributed by atoms with E-state index >= 15 is 0 Å². The quantitative estimate of drug-likeness (QED) is 0.591. The van der Waals surface area contributed by atoms with Gasteiger partial charge in [0.05, 0.1) is 19.8 Å². The summed E-state index contributed by atoms with van der Waals surface area (Å²) in [5.41, 5.74) is 1.17. The normalized spacial score (nSPS) is 8.82. The minimum Gasteiger partial charge on any atom is -0.462 e. The molecule has 0 fully saturated rings. The molecule has 0 aliphatic heterocycles. The third-order valence-corrected chi connectivity index (χ3v) is 1.74. The third-order valence-electron chi connectivity index (χ3n) is 1.74. The molecule has 0 amide bonds. The van der Waals surface area contributed by atoms with E-state index in [9.17, 15) is 4.79 Å². The second kappa shape index (κ2) is 10.9. The van der Waals surface area contributed by atoms with Crippen molar-refractivity contribution in [1.82, 2.24) is 0 Å². The zero-order chi connectivity index (χ0) is 12.9. The lowest BCUT2D eigenvalue weighted by Crippen LogP contribution is -2.04. The van der Waals surface area contributed by atoms with Gasteiger partial charge in [-0.15, -0.1) is 0 Å². The van der Waals surface area contributed by atoms with Crippen LogP contribution in [0.4, 0.5) is 0 Å². The van der Waals surface area contributed by atoms with Gasteiger partial charge in [-0.25, -0.2) is 4.79 Å². The van der Waals surface area contributed by atoms with Crippen molar-refractivity contribution in [2.24, 2.45) is 0 Å². The largest absolute Gasteiger partial charge is 0.462 e. The van der Waals surface area contributed by atoms with E-state index in [1.165, 1.54) is 11.6 Å². The van der Waals surface area contributed by atoms with Crippen molar-refractivity contribution in [1.29, 1.82) is 0 Å². The highest BCUT2D eigenvalue weighted by molar-refractivity contribution is 5.81. The van der Waals surface area contributed by atoms with Crippen LogP contribution in [-0.4, -0.2) is 36.0 Å². The van der Waals surface area contributed by atoms with E-state index in [-0.39, 0.29) is 19.2 Å². The summed E-state index contributed by atoms with van der Waals surface area (Å²) >= 11 is 0. The van der Waals surface area contributed by atoms with Crippen molar-refractivity contribution in [3.8, 4) is 0 Å². The van der Waals surface area contributed by atoms with Crippen LogP contribution in [0.15, 0.2) is 43.0 Å². The molecule has 0 aliphatic carbocycles. The van der Waals surface area contributed by atoms with E-state index in [2.05, 4.69) is 6.58 Å². The SMILES string of the molecule is C=CC(=O)OCCc1ccccc1.OCCO. The van der Waals surface area contributed by atoms with Crippen LogP contribution in [0.3, 0.4) is 0 Å². The Balaban J connectivity index is 0.000000557. The highest BCUT2D eigenvalue weighted by Crippen LogP contribution is 1.99. The molecule has 94 valence electrons. The first-order chi connectivity index (χ1) is 8.24. The molecule has 1 aromatic carbocycles. The molecule has 2 N–H and O–H groups in total. The Morgan fingerprint density at radius 2 is 1.82 bits per heavy atom. The second-order valence-corrected chi connectivity index (χ2v) is 3.05. The van der Waals surface area contributed by atoms with Crippen molar-refractivity contribution in [3.63, 3.8) is 0 Å². The maximum Gasteiger partial charge on any atom is 0.330 e. The molecule has 0 aliphatic rings. The number of hydrogen-bond acceptors (Lipinski definition) is 4. The van der Waals surface area contributed by atoms with Gasteiger partial charge in [0, 0.05) is 12.5 Å². The van der Waals surface area contributed by atoms with Crippen molar-refractivity contribution in [3.05, 3.63) is 48.6 Å². The Morgan fingerprint density at radius 3 is 2.29 bits per heavy atom. The Morgan fingerprint density at radius 1 is 1.24 bits per heavy atom. The van der Waals surface area contributed by atoms with E-state index in [1.807, 2.05) is 30.3 Å². The third kappa shape index (κ3) is 9.29. The summed E-state index contributed by atoms with van der Waals surface area (Å²) in [5.74, 6) is -0.365. The van der Waals surface area contributed by atoms with Crippen LogP contribution in [0.2, 0.25) is 0 Å². The van der Waals surface area contributed by atoms with Crippen molar-refractivity contribution in [2.45, 2.75) is 6.42 Å². The zero-order valence-electron chi connectivity index (χ0n) is 9.71. The summed E-state index contributed by atoms with van der Waals surface area (Å²) < 4.78 is 4.84. The van der Waals surface area contributed by atoms with Gasteiger partial charge in [0.15, 0.2) is 0 Å². The lowest BCUT2D eigenvalue weighted by atomic mass is 10.2. The summed E-state index contributed by atoms with van der Waals surface area (Å²) in [6, 6.07) is 9.89. The van der Waals surface area contributed by atoms with Gasteiger partial charge in [-0.3, -0.25) is 0 Å². The van der Waals surface area contributed by atoms with Crippen LogP contribution in [0.5, 0.6) is 0 Å². The van der Waals surface area contributed by atoms with Gasteiger partial charge in [0.25, 0.3) is 0 Å². The minimum atomic E-state index is -0.365. The van der Waals surface area contributed by atoms with Crippen molar-refractivity contribution >= 4 is 5.97 Å². The lowest BCUT2D eigenvalue weighted by molar-refractivity contribution is -0.137. The number of hydrogen-bond donors (Lipinski definition) is 2. The number of aliphatic hydroxyl groups excluding tert-OH is 2. The molecule has 4 heteroatoms. The number of carbonyl (C=O) groups is 1. The van der Waals surface area contributed by atoms with Crippen LogP contribution in [0.25, 0.3) is 0 Å². The molecule has 0 spiro atoms. The highest BCUT2D eigenvalue weighted by Gasteiger charge is 1.95. The van der Waals surface area contributed by atoms with Gasteiger partial charge in [0.2, 0.25) is 0 Å². The Hall–Kier alpha value is -1.65. The smallest absolute Gasteiger partial charge is 0.330 e. The van der Waals surface area contributed by atoms with Gasteiger partial charge in [0.1, 0.15) is 0 Å². The van der Waals surface area contributed by atoms with Gasteiger partial charge in [-0.1, -0.05) is 36.9 Å². The summed E-state index contributed by atoms with van der Waals surface area (Å²) in [7, 11) is 0. The molecule has 0 heterocycles. The van der Waals surface area contributed by atoms with Crippen LogP contribution < -0.4 is 0 Å². The first-order valence-corrected chi connectivity index (χ1v) is 5.29. The van der Waals surface area contributed by atoms with Crippen molar-refractivity contribution < 1.29 is 19.7 Å². The van der Waals surface area contributed by atoms with E-state index in [0.717, 1.165) is 6.42 Å². The maximum absolute atomic E-state index is 10.7. The minimum absolute atomic E-state index is 0.125. The predicted molar refractivity (Wildman–Crippen MR) is 65.5 cm³/mol. The number of benzene rings is 1. The Kier molecular flexibility index (Phi) is 9.80.